The molecule has 1 aromatic carbocycles. The molecular weight excluding hydrogens is 398 g/mol. The Morgan fingerprint density at radius 3 is 2.61 bits per heavy atom. The van der Waals surface area contributed by atoms with Crippen molar-refractivity contribution in [3.8, 4) is 17.0 Å². The summed E-state index contributed by atoms with van der Waals surface area (Å²) >= 11 is 0. The van der Waals surface area contributed by atoms with E-state index < -0.39 is 5.91 Å². The van der Waals surface area contributed by atoms with Gasteiger partial charge in [0.15, 0.2) is 5.82 Å². The molecule has 9 nitrogen and oxygen atoms in total. The van der Waals surface area contributed by atoms with Gasteiger partial charge in [-0.25, -0.2) is 0 Å². The van der Waals surface area contributed by atoms with Crippen LogP contribution in [0.2, 0.25) is 0 Å². The summed E-state index contributed by atoms with van der Waals surface area (Å²) in [7, 11) is 2.98. The maximum atomic E-state index is 12.6. The number of hydrogen-bond acceptors (Lipinski definition) is 7. The van der Waals surface area contributed by atoms with Gasteiger partial charge < -0.3 is 10.1 Å². The predicted octanol–water partition coefficient (Wildman–Crippen LogP) is 2.26. The van der Waals surface area contributed by atoms with Gasteiger partial charge in [-0.1, -0.05) is 6.07 Å². The Morgan fingerprint density at radius 2 is 1.90 bits per heavy atom. The number of pyridine rings is 1. The zero-order valence-electron chi connectivity index (χ0n) is 17.2. The molecule has 9 heteroatoms. The number of methoxy groups -OCH3 is 1. The summed E-state index contributed by atoms with van der Waals surface area (Å²) in [5.74, 6) is -0.264. The first kappa shape index (κ1) is 20.1. The lowest BCUT2D eigenvalue weighted by atomic mass is 9.97. The summed E-state index contributed by atoms with van der Waals surface area (Å²) in [5, 5.41) is 10.8. The number of benzene rings is 1. The summed E-state index contributed by atoms with van der Waals surface area (Å²) in [4.78, 5) is 42.4. The summed E-state index contributed by atoms with van der Waals surface area (Å²) in [6.45, 7) is 1.81. The van der Waals surface area contributed by atoms with Gasteiger partial charge in [0, 0.05) is 18.8 Å². The van der Waals surface area contributed by atoms with Crippen LogP contribution in [-0.2, 0) is 11.2 Å². The van der Waals surface area contributed by atoms with Gasteiger partial charge in [-0.3, -0.25) is 24.3 Å². The zero-order valence-corrected chi connectivity index (χ0v) is 17.2. The molecule has 0 radical (unpaired) electrons. The first-order valence-corrected chi connectivity index (χ1v) is 9.46. The molecule has 0 saturated heterocycles. The van der Waals surface area contributed by atoms with E-state index in [1.807, 2.05) is 6.92 Å². The van der Waals surface area contributed by atoms with Crippen LogP contribution in [0, 0.1) is 6.92 Å². The molecule has 3 aromatic rings. The third kappa shape index (κ3) is 3.85. The maximum absolute atomic E-state index is 12.6. The van der Waals surface area contributed by atoms with Crippen LogP contribution in [0.25, 0.3) is 11.3 Å². The topological polar surface area (TPSA) is 114 Å². The quantitative estimate of drug-likeness (QED) is 0.633. The molecule has 156 valence electrons. The van der Waals surface area contributed by atoms with Crippen molar-refractivity contribution in [2.24, 2.45) is 0 Å². The molecule has 1 N–H and O–H groups in total. The Kier molecular flexibility index (Phi) is 5.16. The Balaban J connectivity index is 1.51. The molecule has 0 atom stereocenters. The predicted molar refractivity (Wildman–Crippen MR) is 112 cm³/mol. The van der Waals surface area contributed by atoms with E-state index in [4.69, 9.17) is 4.74 Å². The fourth-order valence-corrected chi connectivity index (χ4v) is 3.45. The van der Waals surface area contributed by atoms with Crippen molar-refractivity contribution >= 4 is 23.5 Å². The monoisotopic (exact) mass is 417 g/mol. The number of nitrogens with zero attached hydrogens (tertiary/aromatic N) is 4. The summed E-state index contributed by atoms with van der Waals surface area (Å²) < 4.78 is 5.15. The number of anilines is 1. The van der Waals surface area contributed by atoms with Crippen LogP contribution in [-0.4, -0.2) is 52.0 Å². The van der Waals surface area contributed by atoms with E-state index in [0.29, 0.717) is 22.6 Å². The van der Waals surface area contributed by atoms with E-state index in [1.165, 1.54) is 7.05 Å². The second-order valence-corrected chi connectivity index (χ2v) is 7.16. The molecular formula is C22H19N5O4. The maximum Gasteiger partial charge on any atom is 0.261 e. The highest BCUT2D eigenvalue weighted by atomic mass is 16.5. The highest BCUT2D eigenvalue weighted by Gasteiger charge is 2.35. The minimum atomic E-state index is -0.404. The molecule has 1 aliphatic heterocycles. The number of amides is 3. The second kappa shape index (κ2) is 7.94. The minimum Gasteiger partial charge on any atom is -0.495 e. The lowest BCUT2D eigenvalue weighted by Crippen LogP contribution is -2.25. The van der Waals surface area contributed by atoms with E-state index in [0.717, 1.165) is 16.0 Å². The lowest BCUT2D eigenvalue weighted by molar-refractivity contribution is -0.115. The number of imide groups is 1. The fraction of sp³-hybridized carbons (Fsp3) is 0.182. The molecule has 4 rings (SSSR count). The van der Waals surface area contributed by atoms with Crippen LogP contribution in [0.3, 0.4) is 0 Å². The normalized spacial score (nSPS) is 12.7. The average Bonchev–Trinajstić information content (AvgIpc) is 2.98. The molecule has 31 heavy (non-hydrogen) atoms. The van der Waals surface area contributed by atoms with Crippen molar-refractivity contribution in [2.75, 3.05) is 19.5 Å². The number of ether oxygens (including phenoxy) is 1. The van der Waals surface area contributed by atoms with E-state index in [9.17, 15) is 14.4 Å². The number of carbonyl (C=O) groups is 3. The number of nitrogens with one attached hydrogen (secondary N) is 1. The van der Waals surface area contributed by atoms with Gasteiger partial charge in [-0.15, -0.1) is 10.2 Å². The molecule has 0 unspecified atom stereocenters. The van der Waals surface area contributed by atoms with Gasteiger partial charge >= 0.3 is 0 Å². The molecule has 0 aliphatic carbocycles. The van der Waals surface area contributed by atoms with Crippen LogP contribution in [0.1, 0.15) is 31.8 Å². The van der Waals surface area contributed by atoms with Crippen molar-refractivity contribution in [1.82, 2.24) is 20.1 Å². The van der Waals surface area contributed by atoms with Gasteiger partial charge in [-0.05, 0) is 42.3 Å². The second-order valence-electron chi connectivity index (χ2n) is 7.16. The first-order chi connectivity index (χ1) is 14.9. The van der Waals surface area contributed by atoms with Crippen molar-refractivity contribution in [1.29, 1.82) is 0 Å². The number of fused-ring (bicyclic) bond motifs is 1. The number of hydrogen-bond donors (Lipinski definition) is 1. The summed E-state index contributed by atoms with van der Waals surface area (Å²) in [6.07, 6.45) is 3.15. The molecule has 3 heterocycles. The van der Waals surface area contributed by atoms with Crippen LogP contribution in [0.5, 0.6) is 5.75 Å². The molecule has 0 bridgehead atoms. The molecule has 0 spiro atoms. The number of aromatic nitrogens is 3. The molecule has 3 amide bonds. The van der Waals surface area contributed by atoms with Crippen LogP contribution in [0.4, 0.5) is 5.82 Å². The highest BCUT2D eigenvalue weighted by molar-refractivity contribution is 6.22. The number of aryl methyl sites for hydroxylation is 1. The Labute approximate surface area is 178 Å². The summed E-state index contributed by atoms with van der Waals surface area (Å²) in [5.41, 5.74) is 3.21. The third-order valence-corrected chi connectivity index (χ3v) is 4.95. The van der Waals surface area contributed by atoms with E-state index in [-0.39, 0.29) is 29.6 Å². The smallest absolute Gasteiger partial charge is 0.261 e. The number of rotatable bonds is 5. The van der Waals surface area contributed by atoms with Gasteiger partial charge in [0.05, 0.1) is 36.5 Å². The standard InChI is InChI=1S/C22H19N5O4/c1-12-6-13(20-16(7-12)21(29)27(2)22(20)30)9-19(28)24-18-5-4-17(25-26-18)14-8-15(31-3)11-23-10-14/h4-8,10-11H,9H2,1-3H3,(H,24,26,28). The Hall–Kier alpha value is -4.14. The van der Waals surface area contributed by atoms with Crippen LogP contribution < -0.4 is 10.1 Å². The lowest BCUT2D eigenvalue weighted by Gasteiger charge is -2.09. The van der Waals surface area contributed by atoms with Crippen molar-refractivity contribution in [3.05, 3.63) is 65.0 Å². The van der Waals surface area contributed by atoms with Crippen LogP contribution >= 0.6 is 0 Å². The third-order valence-electron chi connectivity index (χ3n) is 4.95. The van der Waals surface area contributed by atoms with E-state index in [2.05, 4.69) is 20.5 Å². The van der Waals surface area contributed by atoms with Gasteiger partial charge in [-0.2, -0.15) is 0 Å². The van der Waals surface area contributed by atoms with Gasteiger partial charge in [0.1, 0.15) is 5.75 Å². The van der Waals surface area contributed by atoms with Gasteiger partial charge in [0.25, 0.3) is 11.8 Å². The van der Waals surface area contributed by atoms with Crippen LogP contribution in [0.15, 0.2) is 42.7 Å². The van der Waals surface area contributed by atoms with Crippen molar-refractivity contribution in [2.45, 2.75) is 13.3 Å². The van der Waals surface area contributed by atoms with Crippen molar-refractivity contribution in [3.63, 3.8) is 0 Å². The van der Waals surface area contributed by atoms with Gasteiger partial charge in [0.2, 0.25) is 5.91 Å². The fourth-order valence-electron chi connectivity index (χ4n) is 3.45. The van der Waals surface area contributed by atoms with Crippen molar-refractivity contribution < 1.29 is 19.1 Å². The largest absolute Gasteiger partial charge is 0.495 e. The first-order valence-electron chi connectivity index (χ1n) is 9.46. The molecule has 0 fully saturated rings. The Bertz CT molecular complexity index is 1210. The van der Waals surface area contributed by atoms with E-state index >= 15 is 0 Å². The zero-order chi connectivity index (χ0) is 22.1. The van der Waals surface area contributed by atoms with E-state index in [1.54, 1.807) is 49.8 Å². The molecule has 0 saturated carbocycles. The highest BCUT2D eigenvalue weighted by Crippen LogP contribution is 2.27. The average molecular weight is 417 g/mol. The minimum absolute atomic E-state index is 0.0693. The Morgan fingerprint density at radius 1 is 1.10 bits per heavy atom. The SMILES string of the molecule is COc1cncc(-c2ccc(NC(=O)Cc3cc(C)cc4c3C(=O)N(C)C4=O)nn2)c1. The summed E-state index contributed by atoms with van der Waals surface area (Å²) in [6, 6.07) is 8.53. The molecule has 2 aromatic heterocycles. The molecule has 1 aliphatic rings. The number of carbonyl (C=O) groups excluding carboxylic acids is 3.